The lowest BCUT2D eigenvalue weighted by Gasteiger charge is -1.97. The molecule has 0 aliphatic rings. The van der Waals surface area contributed by atoms with Gasteiger partial charge in [-0.1, -0.05) is 104 Å². The number of hydrogen-bond acceptors (Lipinski definition) is 9. The average molecular weight is 751 g/mol. The Hall–Kier alpha value is -6.32. The van der Waals surface area contributed by atoms with Gasteiger partial charge in [-0.25, -0.2) is 19.9 Å². The van der Waals surface area contributed by atoms with Gasteiger partial charge in [-0.05, 0) is 84.9 Å². The Bertz CT molecular complexity index is 2350. The maximum Gasteiger partial charge on any atom is 0.237 e. The number of aromatic nitrogens is 4. The van der Waals surface area contributed by atoms with Crippen LogP contribution in [0, 0.1) is 0 Å². The smallest absolute Gasteiger partial charge is 0.237 e. The van der Waals surface area contributed by atoms with E-state index in [4.69, 9.17) is 17.7 Å². The third kappa shape index (κ3) is 9.08. The van der Waals surface area contributed by atoms with Crippen molar-refractivity contribution >= 4 is 55.7 Å². The summed E-state index contributed by atoms with van der Waals surface area (Å²) in [7, 11) is 0. The molecule has 0 spiro atoms. The zero-order valence-corrected chi connectivity index (χ0v) is 33.3. The van der Waals surface area contributed by atoms with Crippen LogP contribution < -0.4 is 0 Å². The van der Waals surface area contributed by atoms with Gasteiger partial charge < -0.3 is 17.7 Å². The van der Waals surface area contributed by atoms with E-state index >= 15 is 0 Å². The lowest BCUT2D eigenvalue weighted by Crippen LogP contribution is -1.80. The highest BCUT2D eigenvalue weighted by Gasteiger charge is 2.15. The monoisotopic (exact) mass is 750 g/mol. The first-order valence-corrected chi connectivity index (χ1v) is 19.7. The molecule has 0 radical (unpaired) electrons. The van der Waals surface area contributed by atoms with Gasteiger partial charge in [0.15, 0.2) is 22.3 Å². The number of nitrogens with zero attached hydrogens (tertiary/aromatic N) is 4. The molecule has 55 heavy (non-hydrogen) atoms. The molecular weight excluding hydrogens is 705 g/mol. The van der Waals surface area contributed by atoms with Crippen LogP contribution in [-0.2, 0) is 0 Å². The van der Waals surface area contributed by atoms with Crippen LogP contribution in [0.3, 0.4) is 0 Å². The van der Waals surface area contributed by atoms with Crippen molar-refractivity contribution in [3.63, 3.8) is 0 Å². The van der Waals surface area contributed by atoms with Crippen LogP contribution in [0.25, 0.3) is 88.8 Å². The molecule has 0 unspecified atom stereocenters. The molecule has 0 amide bonds. The SMILES string of the molecule is CC.CC.CC.CC.c1ccc2oc(-c3ccc(-c4nc5ccccc5o4)cc3)nc2c1.c1ccc2oc(-c3ccc(-c4nc5ccccc5o4)s3)nc2c1. The largest absolute Gasteiger partial charge is 0.436 e. The molecular formula is C46H46N4O4S. The molecule has 280 valence electrons. The quantitative estimate of drug-likeness (QED) is 0.175. The third-order valence-electron chi connectivity index (χ3n) is 7.58. The van der Waals surface area contributed by atoms with Crippen molar-refractivity contribution in [1.29, 1.82) is 0 Å². The molecule has 0 saturated heterocycles. The van der Waals surface area contributed by atoms with E-state index in [9.17, 15) is 0 Å². The molecule has 0 saturated carbocycles. The van der Waals surface area contributed by atoms with Crippen LogP contribution in [0.2, 0.25) is 0 Å². The zero-order valence-electron chi connectivity index (χ0n) is 32.5. The third-order valence-corrected chi connectivity index (χ3v) is 8.64. The van der Waals surface area contributed by atoms with Gasteiger partial charge in [-0.2, -0.15) is 0 Å². The van der Waals surface area contributed by atoms with Crippen molar-refractivity contribution in [2.24, 2.45) is 0 Å². The Labute approximate surface area is 325 Å². The lowest BCUT2D eigenvalue weighted by atomic mass is 10.1. The summed E-state index contributed by atoms with van der Waals surface area (Å²) in [5.74, 6) is 2.47. The van der Waals surface area contributed by atoms with Crippen LogP contribution in [0.1, 0.15) is 55.4 Å². The van der Waals surface area contributed by atoms with Gasteiger partial charge in [-0.15, -0.1) is 11.3 Å². The minimum Gasteiger partial charge on any atom is -0.436 e. The first-order chi connectivity index (χ1) is 27.2. The Morgan fingerprint density at radius 1 is 0.309 bits per heavy atom. The van der Waals surface area contributed by atoms with E-state index in [1.165, 1.54) is 0 Å². The topological polar surface area (TPSA) is 104 Å². The summed E-state index contributed by atoms with van der Waals surface area (Å²) >= 11 is 1.56. The summed E-state index contributed by atoms with van der Waals surface area (Å²) in [5, 5.41) is 0. The fourth-order valence-corrected chi connectivity index (χ4v) is 6.13. The molecule has 0 N–H and O–H groups in total. The number of fused-ring (bicyclic) bond motifs is 4. The molecule has 5 heterocycles. The fourth-order valence-electron chi connectivity index (χ4n) is 5.27. The number of para-hydroxylation sites is 8. The van der Waals surface area contributed by atoms with E-state index in [0.717, 1.165) is 65.3 Å². The molecule has 0 atom stereocenters. The summed E-state index contributed by atoms with van der Waals surface area (Å²) in [4.78, 5) is 20.0. The number of rotatable bonds is 4. The summed E-state index contributed by atoms with van der Waals surface area (Å²) in [6, 6.07) is 42.8. The van der Waals surface area contributed by atoms with Crippen LogP contribution >= 0.6 is 11.3 Å². The number of thiophene rings is 1. The standard InChI is InChI=1S/C20H12N2O2.C18H10N2O2S.4C2H6/c1-3-7-17-15(5-1)21-19(23-17)13-9-11-14(12-10-13)20-22-16-6-2-4-8-18(16)24-20;1-3-7-13-11(5-1)19-17(21-13)15-9-10-16(23-15)18-20-12-6-2-4-8-14(12)22-18;4*1-2/h1-12H;1-10H;4*1-2H3. The molecule has 10 aromatic rings. The van der Waals surface area contributed by atoms with E-state index < -0.39 is 0 Å². The summed E-state index contributed by atoms with van der Waals surface area (Å²) in [6.45, 7) is 16.0. The van der Waals surface area contributed by atoms with Gasteiger partial charge in [0, 0.05) is 11.1 Å². The van der Waals surface area contributed by atoms with Crippen LogP contribution in [0.15, 0.2) is 151 Å². The molecule has 10 rings (SSSR count). The normalized spacial score (nSPS) is 10.2. The Kier molecular flexibility index (Phi) is 14.3. The predicted octanol–water partition coefficient (Wildman–Crippen LogP) is 14.8. The van der Waals surface area contributed by atoms with Crippen LogP contribution in [0.5, 0.6) is 0 Å². The molecule has 8 nitrogen and oxygen atoms in total. The van der Waals surface area contributed by atoms with E-state index in [2.05, 4.69) is 19.9 Å². The predicted molar refractivity (Wildman–Crippen MR) is 228 cm³/mol. The molecule has 9 heteroatoms. The van der Waals surface area contributed by atoms with E-state index in [1.807, 2.05) is 189 Å². The van der Waals surface area contributed by atoms with Crippen molar-refractivity contribution in [3.05, 3.63) is 133 Å². The van der Waals surface area contributed by atoms with Crippen molar-refractivity contribution in [3.8, 4) is 44.4 Å². The molecule has 0 aliphatic heterocycles. The zero-order chi connectivity index (χ0) is 39.2. The second kappa shape index (κ2) is 19.7. The summed E-state index contributed by atoms with van der Waals surface area (Å²) in [6.07, 6.45) is 0. The molecule has 5 aromatic carbocycles. The van der Waals surface area contributed by atoms with Gasteiger partial charge in [0.2, 0.25) is 23.6 Å². The van der Waals surface area contributed by atoms with Crippen molar-refractivity contribution in [2.75, 3.05) is 0 Å². The van der Waals surface area contributed by atoms with E-state index in [-0.39, 0.29) is 0 Å². The van der Waals surface area contributed by atoms with Gasteiger partial charge in [0.1, 0.15) is 22.1 Å². The number of oxazole rings is 4. The fraction of sp³-hybridized carbons (Fsp3) is 0.174. The number of hydrogen-bond donors (Lipinski definition) is 0. The van der Waals surface area contributed by atoms with Gasteiger partial charge in [0.25, 0.3) is 0 Å². The maximum atomic E-state index is 5.81. The number of benzene rings is 5. The van der Waals surface area contributed by atoms with Crippen molar-refractivity contribution in [2.45, 2.75) is 55.4 Å². The van der Waals surface area contributed by atoms with Crippen LogP contribution in [-0.4, -0.2) is 19.9 Å². The van der Waals surface area contributed by atoms with Crippen LogP contribution in [0.4, 0.5) is 0 Å². The molecule has 0 bridgehead atoms. The molecule has 0 fully saturated rings. The average Bonchev–Trinajstić information content (AvgIpc) is 4.12. The summed E-state index contributed by atoms with van der Waals surface area (Å²) < 4.78 is 23.2. The maximum absolute atomic E-state index is 5.81. The van der Waals surface area contributed by atoms with Gasteiger partial charge in [-0.3, -0.25) is 0 Å². The molecule has 0 aliphatic carbocycles. The highest BCUT2D eigenvalue weighted by Crippen LogP contribution is 2.36. The van der Waals surface area contributed by atoms with E-state index in [1.54, 1.807) is 11.3 Å². The van der Waals surface area contributed by atoms with Crippen molar-refractivity contribution in [1.82, 2.24) is 19.9 Å². The minimum absolute atomic E-state index is 0.611. The first kappa shape index (κ1) is 39.9. The first-order valence-electron chi connectivity index (χ1n) is 18.9. The van der Waals surface area contributed by atoms with Gasteiger partial charge >= 0.3 is 0 Å². The van der Waals surface area contributed by atoms with Crippen molar-refractivity contribution < 1.29 is 17.7 Å². The second-order valence-electron chi connectivity index (χ2n) is 10.7. The Morgan fingerprint density at radius 3 is 0.855 bits per heavy atom. The lowest BCUT2D eigenvalue weighted by molar-refractivity contribution is 0.617. The molecule has 5 aromatic heterocycles. The highest BCUT2D eigenvalue weighted by molar-refractivity contribution is 7.18. The Morgan fingerprint density at radius 2 is 0.564 bits per heavy atom. The highest BCUT2D eigenvalue weighted by atomic mass is 32.1. The Balaban J connectivity index is 0.000000179. The van der Waals surface area contributed by atoms with E-state index in [0.29, 0.717) is 23.6 Å². The summed E-state index contributed by atoms with van der Waals surface area (Å²) in [5.41, 5.74) is 8.44. The van der Waals surface area contributed by atoms with Gasteiger partial charge in [0.05, 0.1) is 9.75 Å². The second-order valence-corrected chi connectivity index (χ2v) is 11.8. The minimum atomic E-state index is 0.611.